The molecule has 0 atom stereocenters. The van der Waals surface area contributed by atoms with Crippen molar-refractivity contribution < 1.29 is 22.7 Å². The molecule has 0 spiro atoms. The van der Waals surface area contributed by atoms with Crippen molar-refractivity contribution in [2.45, 2.75) is 6.36 Å². The summed E-state index contributed by atoms with van der Waals surface area (Å²) in [4.78, 5) is 10.8. The van der Waals surface area contributed by atoms with Crippen LogP contribution in [0.2, 0.25) is 5.02 Å². The van der Waals surface area contributed by atoms with Gasteiger partial charge in [-0.05, 0) is 6.07 Å². The van der Waals surface area contributed by atoms with Crippen LogP contribution in [0.25, 0.3) is 0 Å². The van der Waals surface area contributed by atoms with E-state index in [9.17, 15) is 18.0 Å². The minimum Gasteiger partial charge on any atom is -0.405 e. The van der Waals surface area contributed by atoms with Crippen LogP contribution in [0.5, 0.6) is 5.75 Å². The molecule has 0 saturated heterocycles. The van der Waals surface area contributed by atoms with E-state index < -0.39 is 23.6 Å². The maximum atomic E-state index is 12.0. The van der Waals surface area contributed by atoms with Crippen molar-refractivity contribution in [3.05, 3.63) is 22.7 Å². The van der Waals surface area contributed by atoms with Crippen LogP contribution in [0.3, 0.4) is 0 Å². The molecule has 0 unspecified atom stereocenters. The molecule has 0 aliphatic rings. The highest BCUT2D eigenvalue weighted by Gasteiger charge is 2.33. The topological polar surface area (TPSA) is 78.3 Å². The Labute approximate surface area is 92.9 Å². The average molecular weight is 255 g/mol. The molecule has 88 valence electrons. The fourth-order valence-electron chi connectivity index (χ4n) is 0.971. The number of nitrogens with two attached hydrogens (primary N) is 2. The predicted octanol–water partition coefficient (Wildman–Crippen LogP) is 1.92. The average Bonchev–Trinajstić information content (AvgIpc) is 2.07. The van der Waals surface area contributed by atoms with E-state index in [4.69, 9.17) is 23.1 Å². The first kappa shape index (κ1) is 12.4. The van der Waals surface area contributed by atoms with Crippen LogP contribution >= 0.6 is 11.6 Å². The van der Waals surface area contributed by atoms with Gasteiger partial charge in [0.25, 0.3) is 5.91 Å². The van der Waals surface area contributed by atoms with E-state index >= 15 is 0 Å². The van der Waals surface area contributed by atoms with Crippen molar-refractivity contribution in [1.82, 2.24) is 0 Å². The van der Waals surface area contributed by atoms with E-state index in [1.165, 1.54) is 0 Å². The van der Waals surface area contributed by atoms with E-state index in [0.29, 0.717) is 0 Å². The number of amides is 1. The third-order valence-electron chi connectivity index (χ3n) is 1.59. The maximum Gasteiger partial charge on any atom is 0.573 e. The van der Waals surface area contributed by atoms with Gasteiger partial charge in [0.15, 0.2) is 0 Å². The van der Waals surface area contributed by atoms with E-state index in [1.807, 2.05) is 0 Å². The SMILES string of the molecule is NC(=O)c1cc(Cl)c(N)cc1OC(F)(F)F. The molecule has 4 N–H and O–H groups in total. The second-order valence-electron chi connectivity index (χ2n) is 2.78. The van der Waals surface area contributed by atoms with E-state index in [1.54, 1.807) is 0 Å². The van der Waals surface area contributed by atoms with Crippen molar-refractivity contribution in [3.63, 3.8) is 0 Å². The zero-order chi connectivity index (χ0) is 12.5. The van der Waals surface area contributed by atoms with Crippen LogP contribution in [-0.2, 0) is 0 Å². The molecule has 1 aromatic carbocycles. The van der Waals surface area contributed by atoms with Gasteiger partial charge in [0.05, 0.1) is 16.3 Å². The number of halogens is 4. The lowest BCUT2D eigenvalue weighted by Crippen LogP contribution is -2.21. The molecule has 0 bridgehead atoms. The van der Waals surface area contributed by atoms with Gasteiger partial charge >= 0.3 is 6.36 Å². The lowest BCUT2D eigenvalue weighted by atomic mass is 10.1. The number of benzene rings is 1. The van der Waals surface area contributed by atoms with Crippen molar-refractivity contribution in [2.75, 3.05) is 5.73 Å². The Bertz CT molecular complexity index is 434. The summed E-state index contributed by atoms with van der Waals surface area (Å²) < 4.78 is 39.5. The minimum absolute atomic E-state index is 0.0803. The summed E-state index contributed by atoms with van der Waals surface area (Å²) >= 11 is 5.53. The molecule has 1 rings (SSSR count). The van der Waals surface area contributed by atoms with Crippen molar-refractivity contribution >= 4 is 23.2 Å². The molecule has 0 aromatic heterocycles. The summed E-state index contributed by atoms with van der Waals surface area (Å²) in [6.07, 6.45) is -4.94. The van der Waals surface area contributed by atoms with Gasteiger partial charge in [-0.1, -0.05) is 11.6 Å². The Kier molecular flexibility index (Phi) is 3.18. The van der Waals surface area contributed by atoms with Gasteiger partial charge in [0.1, 0.15) is 5.75 Å². The van der Waals surface area contributed by atoms with Gasteiger partial charge in [-0.2, -0.15) is 0 Å². The number of carbonyl (C=O) groups is 1. The quantitative estimate of drug-likeness (QED) is 0.792. The lowest BCUT2D eigenvalue weighted by molar-refractivity contribution is -0.274. The lowest BCUT2D eigenvalue weighted by Gasteiger charge is -2.12. The van der Waals surface area contributed by atoms with E-state index in [-0.39, 0.29) is 10.7 Å². The summed E-state index contributed by atoms with van der Waals surface area (Å²) in [6.45, 7) is 0. The Morgan fingerprint density at radius 3 is 2.38 bits per heavy atom. The van der Waals surface area contributed by atoms with Crippen LogP contribution in [0.1, 0.15) is 10.4 Å². The third kappa shape index (κ3) is 2.93. The summed E-state index contributed by atoms with van der Waals surface area (Å²) in [5, 5.41) is -0.0803. The summed E-state index contributed by atoms with van der Waals surface area (Å²) in [7, 11) is 0. The molecule has 0 saturated carbocycles. The maximum absolute atomic E-state index is 12.0. The molecule has 8 heteroatoms. The first-order valence-corrected chi connectivity index (χ1v) is 4.23. The Morgan fingerprint density at radius 2 is 1.94 bits per heavy atom. The second kappa shape index (κ2) is 4.09. The molecule has 16 heavy (non-hydrogen) atoms. The fourth-order valence-corrected chi connectivity index (χ4v) is 1.13. The highest BCUT2D eigenvalue weighted by atomic mass is 35.5. The van der Waals surface area contributed by atoms with Crippen LogP contribution in [0.15, 0.2) is 12.1 Å². The molecular formula is C8H6ClF3N2O2. The predicted molar refractivity (Wildman–Crippen MR) is 51.1 cm³/mol. The molecule has 0 aliphatic carbocycles. The molecule has 1 aromatic rings. The Balaban J connectivity index is 3.25. The van der Waals surface area contributed by atoms with E-state index in [2.05, 4.69) is 4.74 Å². The normalized spacial score (nSPS) is 11.2. The van der Waals surface area contributed by atoms with Crippen LogP contribution in [0, 0.1) is 0 Å². The largest absolute Gasteiger partial charge is 0.573 e. The van der Waals surface area contributed by atoms with Gasteiger partial charge in [0.2, 0.25) is 0 Å². The first-order chi connectivity index (χ1) is 7.20. The van der Waals surface area contributed by atoms with E-state index in [0.717, 1.165) is 12.1 Å². The number of anilines is 1. The van der Waals surface area contributed by atoms with Gasteiger partial charge in [-0.3, -0.25) is 4.79 Å². The molecular weight excluding hydrogens is 249 g/mol. The van der Waals surface area contributed by atoms with Crippen LogP contribution in [0.4, 0.5) is 18.9 Å². The fraction of sp³-hybridized carbons (Fsp3) is 0.125. The third-order valence-corrected chi connectivity index (χ3v) is 1.92. The number of hydrogen-bond donors (Lipinski definition) is 2. The van der Waals surface area contributed by atoms with Gasteiger partial charge in [-0.15, -0.1) is 13.2 Å². The van der Waals surface area contributed by atoms with Crippen molar-refractivity contribution in [2.24, 2.45) is 5.73 Å². The number of rotatable bonds is 2. The molecule has 0 heterocycles. The monoisotopic (exact) mass is 254 g/mol. The standard InChI is InChI=1S/C8H6ClF3N2O2/c9-4-1-3(7(14)15)6(2-5(4)13)16-8(10,11)12/h1-2H,13H2,(H2,14,15). The number of hydrogen-bond acceptors (Lipinski definition) is 3. The molecule has 0 fully saturated rings. The van der Waals surface area contributed by atoms with Crippen molar-refractivity contribution in [3.8, 4) is 5.75 Å². The second-order valence-corrected chi connectivity index (χ2v) is 3.19. The molecule has 0 aliphatic heterocycles. The molecule has 0 radical (unpaired) electrons. The zero-order valence-corrected chi connectivity index (χ0v) is 8.39. The summed E-state index contributed by atoms with van der Waals surface area (Å²) in [6, 6.07) is 1.70. The highest BCUT2D eigenvalue weighted by molar-refractivity contribution is 6.33. The van der Waals surface area contributed by atoms with Crippen molar-refractivity contribution in [1.29, 1.82) is 0 Å². The van der Waals surface area contributed by atoms with Crippen LogP contribution < -0.4 is 16.2 Å². The highest BCUT2D eigenvalue weighted by Crippen LogP contribution is 2.32. The molecule has 4 nitrogen and oxygen atoms in total. The number of primary amides is 1. The number of alkyl halides is 3. The summed E-state index contributed by atoms with van der Waals surface area (Å²) in [5.41, 5.74) is 9.51. The van der Waals surface area contributed by atoms with Gasteiger partial charge in [-0.25, -0.2) is 0 Å². The Hall–Kier alpha value is -1.63. The molecule has 1 amide bonds. The van der Waals surface area contributed by atoms with Gasteiger partial charge < -0.3 is 16.2 Å². The zero-order valence-electron chi connectivity index (χ0n) is 7.64. The first-order valence-electron chi connectivity index (χ1n) is 3.85. The number of nitrogen functional groups attached to an aromatic ring is 1. The van der Waals surface area contributed by atoms with Crippen LogP contribution in [-0.4, -0.2) is 12.3 Å². The summed E-state index contributed by atoms with van der Waals surface area (Å²) in [5.74, 6) is -1.87. The Morgan fingerprint density at radius 1 is 1.38 bits per heavy atom. The number of carbonyl (C=O) groups excluding carboxylic acids is 1. The smallest absolute Gasteiger partial charge is 0.405 e. The number of ether oxygens (including phenoxy) is 1. The minimum atomic E-state index is -4.94. The van der Waals surface area contributed by atoms with Gasteiger partial charge in [0, 0.05) is 6.07 Å².